The van der Waals surface area contributed by atoms with Crippen molar-refractivity contribution in [3.8, 4) is 0 Å². The van der Waals surface area contributed by atoms with Crippen molar-refractivity contribution < 1.29 is 13.9 Å². The molecule has 3 heteroatoms. The third-order valence-electron chi connectivity index (χ3n) is 3.07. The summed E-state index contributed by atoms with van der Waals surface area (Å²) in [5.74, 6) is 0.604. The van der Waals surface area contributed by atoms with Gasteiger partial charge in [0.15, 0.2) is 0 Å². The van der Waals surface area contributed by atoms with Crippen molar-refractivity contribution in [1.82, 2.24) is 0 Å². The molecule has 0 bridgehead atoms. The van der Waals surface area contributed by atoms with E-state index in [0.29, 0.717) is 12.5 Å². The first-order valence-electron chi connectivity index (χ1n) is 5.98. The van der Waals surface area contributed by atoms with Crippen molar-refractivity contribution in [2.24, 2.45) is 0 Å². The fraction of sp³-hybridized carbons (Fsp3) is 0.357. The minimum absolute atomic E-state index is 0.287. The number of hydrogen-bond donors (Lipinski definition) is 0. The first-order chi connectivity index (χ1) is 8.28. The molecule has 3 rings (SSSR count). The largest absolute Gasteiger partial charge is 0.460 e. The van der Waals surface area contributed by atoms with Gasteiger partial charge in [0.1, 0.15) is 5.58 Å². The van der Waals surface area contributed by atoms with Gasteiger partial charge >= 0.3 is 5.97 Å². The van der Waals surface area contributed by atoms with E-state index in [9.17, 15) is 4.79 Å². The van der Waals surface area contributed by atoms with Crippen LogP contribution in [0.25, 0.3) is 11.0 Å². The Kier molecular flexibility index (Phi) is 2.39. The van der Waals surface area contributed by atoms with Gasteiger partial charge in [-0.05, 0) is 49.4 Å². The van der Waals surface area contributed by atoms with Crippen LogP contribution in [-0.2, 0) is 4.74 Å². The molecule has 0 N–H and O–H groups in total. The highest BCUT2D eigenvalue weighted by atomic mass is 16.5. The lowest BCUT2D eigenvalue weighted by atomic mass is 10.1. The van der Waals surface area contributed by atoms with Crippen LogP contribution in [-0.4, -0.2) is 12.6 Å². The molecular weight excluding hydrogens is 216 g/mol. The summed E-state index contributed by atoms with van der Waals surface area (Å²) in [6, 6.07) is 7.89. The second-order valence-corrected chi connectivity index (χ2v) is 4.40. The molecule has 0 radical (unpaired) electrons. The van der Waals surface area contributed by atoms with Gasteiger partial charge in [0, 0.05) is 5.39 Å². The van der Waals surface area contributed by atoms with E-state index in [1.165, 1.54) is 18.4 Å². The molecule has 3 nitrogen and oxygen atoms in total. The Morgan fingerprint density at radius 2 is 2.24 bits per heavy atom. The molecule has 0 unspecified atom stereocenters. The van der Waals surface area contributed by atoms with E-state index >= 15 is 0 Å². The van der Waals surface area contributed by atoms with E-state index in [2.05, 4.69) is 12.1 Å². The van der Waals surface area contributed by atoms with Crippen LogP contribution in [0, 0.1) is 0 Å². The summed E-state index contributed by atoms with van der Waals surface area (Å²) in [5.41, 5.74) is 2.09. The van der Waals surface area contributed by atoms with Gasteiger partial charge in [0.2, 0.25) is 5.76 Å². The van der Waals surface area contributed by atoms with Gasteiger partial charge in [0.25, 0.3) is 0 Å². The Hall–Kier alpha value is -1.77. The number of furan rings is 1. The number of carbonyl (C=O) groups excluding carboxylic acids is 1. The Labute approximate surface area is 99.4 Å². The monoisotopic (exact) mass is 230 g/mol. The zero-order valence-electron chi connectivity index (χ0n) is 9.73. The summed E-state index contributed by atoms with van der Waals surface area (Å²) in [6.45, 7) is 2.15. The van der Waals surface area contributed by atoms with Gasteiger partial charge in [-0.2, -0.15) is 0 Å². The third kappa shape index (κ3) is 1.93. The highest BCUT2D eigenvalue weighted by Gasteiger charge is 2.24. The molecular formula is C14H14O3. The lowest BCUT2D eigenvalue weighted by molar-refractivity contribution is 0.0492. The molecule has 0 saturated heterocycles. The molecule has 0 amide bonds. The molecule has 0 atom stereocenters. The van der Waals surface area contributed by atoms with E-state index < -0.39 is 5.97 Å². The molecule has 1 saturated carbocycles. The zero-order chi connectivity index (χ0) is 11.8. The minimum atomic E-state index is -0.392. The zero-order valence-corrected chi connectivity index (χ0v) is 9.73. The maximum atomic E-state index is 11.5. The molecule has 88 valence electrons. The second kappa shape index (κ2) is 3.91. The number of hydrogen-bond acceptors (Lipinski definition) is 3. The van der Waals surface area contributed by atoms with Gasteiger partial charge in [-0.15, -0.1) is 0 Å². The van der Waals surface area contributed by atoms with E-state index in [-0.39, 0.29) is 5.76 Å². The number of benzene rings is 1. The number of esters is 1. The molecule has 1 heterocycles. The normalized spacial score (nSPS) is 15.1. The summed E-state index contributed by atoms with van der Waals surface area (Å²) < 4.78 is 10.4. The van der Waals surface area contributed by atoms with Gasteiger partial charge < -0.3 is 9.15 Å². The summed E-state index contributed by atoms with van der Waals surface area (Å²) in [4.78, 5) is 11.5. The topological polar surface area (TPSA) is 39.4 Å². The number of rotatable bonds is 3. The molecule has 1 aromatic carbocycles. The van der Waals surface area contributed by atoms with Crippen molar-refractivity contribution in [1.29, 1.82) is 0 Å². The summed E-state index contributed by atoms with van der Waals surface area (Å²) in [5, 5.41) is 0.984. The fourth-order valence-electron chi connectivity index (χ4n) is 2.04. The van der Waals surface area contributed by atoms with Crippen LogP contribution < -0.4 is 0 Å². The van der Waals surface area contributed by atoms with Crippen LogP contribution in [0.2, 0.25) is 0 Å². The predicted molar refractivity (Wildman–Crippen MR) is 64.1 cm³/mol. The summed E-state index contributed by atoms with van der Waals surface area (Å²) in [6.07, 6.45) is 2.54. The Morgan fingerprint density at radius 1 is 1.41 bits per heavy atom. The van der Waals surface area contributed by atoms with E-state index in [0.717, 1.165) is 11.0 Å². The summed E-state index contributed by atoms with van der Waals surface area (Å²) in [7, 11) is 0. The molecule has 1 aromatic heterocycles. The Balaban J connectivity index is 1.97. The van der Waals surface area contributed by atoms with Gasteiger partial charge in [0.05, 0.1) is 6.61 Å². The van der Waals surface area contributed by atoms with Crippen LogP contribution in [0.1, 0.15) is 41.8 Å². The van der Waals surface area contributed by atoms with Crippen LogP contribution in [0.4, 0.5) is 0 Å². The lowest BCUT2D eigenvalue weighted by Crippen LogP contribution is -2.02. The van der Waals surface area contributed by atoms with Gasteiger partial charge in [-0.25, -0.2) is 4.79 Å². The lowest BCUT2D eigenvalue weighted by Gasteiger charge is -1.96. The van der Waals surface area contributed by atoms with Crippen LogP contribution in [0.5, 0.6) is 0 Å². The van der Waals surface area contributed by atoms with Gasteiger partial charge in [-0.1, -0.05) is 6.07 Å². The third-order valence-corrected chi connectivity index (χ3v) is 3.07. The molecule has 1 fully saturated rings. The van der Waals surface area contributed by atoms with Crippen molar-refractivity contribution in [3.05, 3.63) is 35.6 Å². The van der Waals surface area contributed by atoms with E-state index in [1.54, 1.807) is 13.0 Å². The Bertz CT molecular complexity index is 564. The molecule has 2 aromatic rings. The van der Waals surface area contributed by atoms with Crippen molar-refractivity contribution >= 4 is 16.9 Å². The Morgan fingerprint density at radius 3 is 2.94 bits per heavy atom. The molecule has 0 spiro atoms. The van der Waals surface area contributed by atoms with Crippen LogP contribution in [0.3, 0.4) is 0 Å². The average Bonchev–Trinajstić information content (AvgIpc) is 3.08. The van der Waals surface area contributed by atoms with Crippen molar-refractivity contribution in [2.75, 3.05) is 6.61 Å². The fourth-order valence-corrected chi connectivity index (χ4v) is 2.04. The molecule has 1 aliphatic rings. The average molecular weight is 230 g/mol. The van der Waals surface area contributed by atoms with Crippen LogP contribution >= 0.6 is 0 Å². The van der Waals surface area contributed by atoms with E-state index in [1.807, 2.05) is 6.07 Å². The van der Waals surface area contributed by atoms with Crippen LogP contribution in [0.15, 0.2) is 28.7 Å². The number of fused-ring (bicyclic) bond motifs is 1. The quantitative estimate of drug-likeness (QED) is 0.758. The highest BCUT2D eigenvalue weighted by molar-refractivity contribution is 5.92. The highest BCUT2D eigenvalue weighted by Crippen LogP contribution is 2.41. The predicted octanol–water partition coefficient (Wildman–Crippen LogP) is 3.49. The van der Waals surface area contributed by atoms with Crippen molar-refractivity contribution in [2.45, 2.75) is 25.7 Å². The number of ether oxygens (including phenoxy) is 1. The molecule has 17 heavy (non-hydrogen) atoms. The summed E-state index contributed by atoms with van der Waals surface area (Å²) >= 11 is 0. The maximum absolute atomic E-state index is 11.5. The van der Waals surface area contributed by atoms with Crippen molar-refractivity contribution in [3.63, 3.8) is 0 Å². The minimum Gasteiger partial charge on any atom is -0.460 e. The smallest absolute Gasteiger partial charge is 0.374 e. The molecule has 0 aliphatic heterocycles. The first kappa shape index (κ1) is 10.4. The van der Waals surface area contributed by atoms with Gasteiger partial charge in [-0.3, -0.25) is 0 Å². The SMILES string of the molecule is CCOC(=O)c1cc2cc(C3CC3)ccc2o1. The van der Waals surface area contributed by atoms with E-state index in [4.69, 9.17) is 9.15 Å². The second-order valence-electron chi connectivity index (χ2n) is 4.40. The maximum Gasteiger partial charge on any atom is 0.374 e. The number of carbonyl (C=O) groups is 1. The first-order valence-corrected chi connectivity index (χ1v) is 5.98. The standard InChI is InChI=1S/C14H14O3/c1-2-16-14(15)13-8-11-7-10(9-3-4-9)5-6-12(11)17-13/h5-9H,2-4H2,1H3. The molecule has 1 aliphatic carbocycles.